The highest BCUT2D eigenvalue weighted by Gasteiger charge is 2.30. The van der Waals surface area contributed by atoms with Gasteiger partial charge in [-0.3, -0.25) is 0 Å². The monoisotopic (exact) mass is 257 g/mol. The highest BCUT2D eigenvalue weighted by atomic mass is 32.2. The average Bonchev–Trinajstić information content (AvgIpc) is 2.82. The van der Waals surface area contributed by atoms with Crippen LogP contribution in [-0.4, -0.2) is 28.5 Å². The van der Waals surface area contributed by atoms with Gasteiger partial charge >= 0.3 is 0 Å². The van der Waals surface area contributed by atoms with Crippen LogP contribution in [0.15, 0.2) is 9.85 Å². The zero-order valence-corrected chi connectivity index (χ0v) is 11.5. The molecule has 1 aromatic rings. The smallest absolute Gasteiger partial charge is 0.174 e. The van der Waals surface area contributed by atoms with Gasteiger partial charge in [-0.25, -0.2) is 0 Å². The molecule has 3 unspecified atom stereocenters. The fourth-order valence-electron chi connectivity index (χ4n) is 2.39. The third-order valence-electron chi connectivity index (χ3n) is 3.44. The number of hydrogen-bond acceptors (Lipinski definition) is 5. The minimum atomic E-state index is 0.636. The van der Waals surface area contributed by atoms with E-state index in [1.165, 1.54) is 25.7 Å². The number of nitrogens with zero attached hydrogens (tertiary/aromatic N) is 2. The first-order valence-corrected chi connectivity index (χ1v) is 7.69. The number of thioether (sulfide) groups is 1. The first-order valence-electron chi connectivity index (χ1n) is 5.93. The van der Waals surface area contributed by atoms with Crippen molar-refractivity contribution in [1.82, 2.24) is 15.5 Å². The van der Waals surface area contributed by atoms with E-state index < -0.39 is 0 Å². The Morgan fingerprint density at radius 3 is 3.06 bits per heavy atom. The van der Waals surface area contributed by atoms with Crippen molar-refractivity contribution in [3.8, 4) is 0 Å². The lowest BCUT2D eigenvalue weighted by Crippen LogP contribution is -2.40. The van der Waals surface area contributed by atoms with Gasteiger partial charge in [0.2, 0.25) is 0 Å². The topological polar surface area (TPSA) is 37.8 Å². The summed E-state index contributed by atoms with van der Waals surface area (Å²) in [5.74, 6) is 0.898. The summed E-state index contributed by atoms with van der Waals surface area (Å²) in [5.41, 5.74) is 1.82. The van der Waals surface area contributed by atoms with Gasteiger partial charge in [0.1, 0.15) is 5.51 Å². The normalized spacial score (nSPS) is 30.5. The van der Waals surface area contributed by atoms with Crippen molar-refractivity contribution >= 4 is 23.1 Å². The predicted molar refractivity (Wildman–Crippen MR) is 70.0 cm³/mol. The van der Waals surface area contributed by atoms with Crippen molar-refractivity contribution in [2.24, 2.45) is 5.92 Å². The molecule has 1 aliphatic rings. The van der Waals surface area contributed by atoms with E-state index in [-0.39, 0.29) is 0 Å². The lowest BCUT2D eigenvalue weighted by Gasteiger charge is -2.34. The number of nitrogens with one attached hydrogen (secondary N) is 1. The highest BCUT2D eigenvalue weighted by molar-refractivity contribution is 8.01. The second-order valence-corrected chi connectivity index (χ2v) is 6.66. The molecule has 1 aliphatic carbocycles. The summed E-state index contributed by atoms with van der Waals surface area (Å²) >= 11 is 3.56. The summed E-state index contributed by atoms with van der Waals surface area (Å²) in [6, 6.07) is 0.636. The van der Waals surface area contributed by atoms with E-state index in [4.69, 9.17) is 0 Å². The van der Waals surface area contributed by atoms with Crippen molar-refractivity contribution in [2.45, 2.75) is 48.2 Å². The van der Waals surface area contributed by atoms with Crippen LogP contribution in [0.2, 0.25) is 0 Å². The maximum absolute atomic E-state index is 4.13. The summed E-state index contributed by atoms with van der Waals surface area (Å²) in [6.07, 6.45) is 5.29. The summed E-state index contributed by atoms with van der Waals surface area (Å²) in [4.78, 5) is 0. The molecule has 3 atom stereocenters. The first-order chi connectivity index (χ1) is 7.83. The quantitative estimate of drug-likeness (QED) is 0.900. The van der Waals surface area contributed by atoms with E-state index in [0.717, 1.165) is 10.3 Å². The van der Waals surface area contributed by atoms with Crippen LogP contribution in [0.5, 0.6) is 0 Å². The standard InChI is InChI=1S/C11H19N3S2/c1-3-8-4-5-9(12-2)10(6-8)16-11-14-13-7-15-11/h7-10,12H,3-6H2,1-2H3. The van der Waals surface area contributed by atoms with E-state index >= 15 is 0 Å². The zero-order chi connectivity index (χ0) is 11.4. The third-order valence-corrected chi connectivity index (χ3v) is 5.61. The summed E-state index contributed by atoms with van der Waals surface area (Å²) in [6.45, 7) is 2.30. The van der Waals surface area contributed by atoms with Crippen molar-refractivity contribution in [3.63, 3.8) is 0 Å². The first kappa shape index (κ1) is 12.3. The Labute approximate surface area is 105 Å². The van der Waals surface area contributed by atoms with Crippen molar-refractivity contribution in [3.05, 3.63) is 5.51 Å². The van der Waals surface area contributed by atoms with Crippen molar-refractivity contribution < 1.29 is 0 Å². The maximum Gasteiger partial charge on any atom is 0.174 e. The van der Waals surface area contributed by atoms with E-state index in [1.807, 2.05) is 17.3 Å². The minimum Gasteiger partial charge on any atom is -0.316 e. The van der Waals surface area contributed by atoms with Gasteiger partial charge in [0.25, 0.3) is 0 Å². The summed E-state index contributed by atoms with van der Waals surface area (Å²) in [7, 11) is 2.07. The van der Waals surface area contributed by atoms with Gasteiger partial charge in [0.05, 0.1) is 0 Å². The minimum absolute atomic E-state index is 0.636. The second-order valence-electron chi connectivity index (χ2n) is 4.34. The van der Waals surface area contributed by atoms with Gasteiger partial charge in [-0.15, -0.1) is 10.2 Å². The Hall–Kier alpha value is -0.130. The van der Waals surface area contributed by atoms with E-state index in [2.05, 4.69) is 29.5 Å². The number of hydrogen-bond donors (Lipinski definition) is 1. The van der Waals surface area contributed by atoms with Crippen LogP contribution >= 0.6 is 23.1 Å². The van der Waals surface area contributed by atoms with Gasteiger partial charge < -0.3 is 5.32 Å². The Kier molecular flexibility index (Phi) is 4.61. The molecular weight excluding hydrogens is 238 g/mol. The molecule has 90 valence electrons. The molecule has 0 spiro atoms. The summed E-state index contributed by atoms with van der Waals surface area (Å²) < 4.78 is 1.11. The molecule has 1 fully saturated rings. The molecule has 2 rings (SSSR count). The van der Waals surface area contributed by atoms with Gasteiger partial charge in [-0.05, 0) is 32.2 Å². The largest absolute Gasteiger partial charge is 0.316 e. The fourth-order valence-corrected chi connectivity index (χ4v) is 4.55. The molecule has 0 aliphatic heterocycles. The Morgan fingerprint density at radius 1 is 1.56 bits per heavy atom. The SMILES string of the molecule is CCC1CCC(NC)C(Sc2nncs2)C1. The van der Waals surface area contributed by atoms with Crippen LogP contribution in [0.4, 0.5) is 0 Å². The van der Waals surface area contributed by atoms with Crippen LogP contribution in [0.1, 0.15) is 32.6 Å². The van der Waals surface area contributed by atoms with E-state index in [1.54, 1.807) is 11.3 Å². The maximum atomic E-state index is 4.13. The van der Waals surface area contributed by atoms with Crippen molar-refractivity contribution in [2.75, 3.05) is 7.05 Å². The molecule has 0 saturated heterocycles. The molecule has 0 aromatic carbocycles. The van der Waals surface area contributed by atoms with Crippen LogP contribution < -0.4 is 5.32 Å². The second kappa shape index (κ2) is 5.98. The molecule has 16 heavy (non-hydrogen) atoms. The molecule has 0 bridgehead atoms. The number of rotatable bonds is 4. The Morgan fingerprint density at radius 2 is 2.44 bits per heavy atom. The lowest BCUT2D eigenvalue weighted by molar-refractivity contribution is 0.304. The highest BCUT2D eigenvalue weighted by Crippen LogP contribution is 2.37. The summed E-state index contributed by atoms with van der Waals surface area (Å²) in [5, 5.41) is 12.1. The molecule has 0 radical (unpaired) electrons. The van der Waals surface area contributed by atoms with E-state index in [9.17, 15) is 0 Å². The number of aromatic nitrogens is 2. The molecule has 3 nitrogen and oxygen atoms in total. The van der Waals surface area contributed by atoms with Crippen molar-refractivity contribution in [1.29, 1.82) is 0 Å². The van der Waals surface area contributed by atoms with Gasteiger partial charge in [0.15, 0.2) is 4.34 Å². The predicted octanol–water partition coefficient (Wildman–Crippen LogP) is 2.80. The van der Waals surface area contributed by atoms with Gasteiger partial charge in [-0.1, -0.05) is 36.4 Å². The van der Waals surface area contributed by atoms with Crippen LogP contribution in [0, 0.1) is 5.92 Å². The van der Waals surface area contributed by atoms with Crippen LogP contribution in [0.3, 0.4) is 0 Å². The Bertz CT molecular complexity index is 302. The third kappa shape index (κ3) is 2.96. The molecule has 5 heteroatoms. The molecule has 0 amide bonds. The lowest BCUT2D eigenvalue weighted by atomic mass is 9.84. The van der Waals surface area contributed by atoms with Gasteiger partial charge in [-0.2, -0.15) is 0 Å². The van der Waals surface area contributed by atoms with Gasteiger partial charge in [0, 0.05) is 11.3 Å². The Balaban J connectivity index is 1.97. The zero-order valence-electron chi connectivity index (χ0n) is 9.85. The molecule has 1 heterocycles. The molecule has 1 N–H and O–H groups in total. The van der Waals surface area contributed by atoms with Crippen LogP contribution in [-0.2, 0) is 0 Å². The molecule has 1 aromatic heterocycles. The van der Waals surface area contributed by atoms with Crippen LogP contribution in [0.25, 0.3) is 0 Å². The molecule has 1 saturated carbocycles. The van der Waals surface area contributed by atoms with E-state index in [0.29, 0.717) is 11.3 Å². The fraction of sp³-hybridized carbons (Fsp3) is 0.818. The molecular formula is C11H19N3S2. The average molecular weight is 257 g/mol.